The third kappa shape index (κ3) is 27.3. The summed E-state index contributed by atoms with van der Waals surface area (Å²) in [6.07, 6.45) is 7.21. The summed E-state index contributed by atoms with van der Waals surface area (Å²) in [6, 6.07) is 24.3. The molecule has 0 bridgehead atoms. The van der Waals surface area contributed by atoms with E-state index in [9.17, 15) is 0 Å². The zero-order valence-electron chi connectivity index (χ0n) is 25.3. The monoisotopic (exact) mass is 876 g/mol. The zero-order valence-corrected chi connectivity index (χ0v) is 29.0. The van der Waals surface area contributed by atoms with Crippen LogP contribution in [0, 0.1) is 30.6 Å². The predicted molar refractivity (Wildman–Crippen MR) is 173 cm³/mol. The van der Waals surface area contributed by atoms with Gasteiger partial charge in [-0.05, 0) is 24.3 Å². The van der Waals surface area contributed by atoms with E-state index in [-0.39, 0.29) is 56.0 Å². The van der Waals surface area contributed by atoms with E-state index in [4.69, 9.17) is 69.1 Å². The molecule has 0 unspecified atom stereocenters. The van der Waals surface area contributed by atoms with Crippen molar-refractivity contribution in [3.05, 3.63) is 128 Å². The Morgan fingerprint density at radius 1 is 0.442 bits per heavy atom. The maximum absolute atomic E-state index is 8.77. The molecule has 0 saturated heterocycles. The molecule has 2 radical (unpaired) electrons. The Hall–Kier alpha value is -4.42. The number of phosphoric acid groups is 2. The van der Waals surface area contributed by atoms with Crippen molar-refractivity contribution in [2.24, 2.45) is 0 Å². The van der Waals surface area contributed by atoms with Gasteiger partial charge < -0.3 is 81.9 Å². The molecule has 0 spiro atoms. The summed E-state index contributed by atoms with van der Waals surface area (Å²) in [4.78, 5) is 79.7. The number of fused-ring (bicyclic) bond motifs is 6. The molecule has 0 fully saturated rings. The molecule has 4 heterocycles. The van der Waals surface area contributed by atoms with Crippen molar-refractivity contribution in [1.29, 1.82) is 0 Å². The van der Waals surface area contributed by atoms with Crippen LogP contribution in [0.25, 0.3) is 43.6 Å². The molecule has 0 saturated carbocycles. The van der Waals surface area contributed by atoms with E-state index in [1.807, 2.05) is 24.3 Å². The number of benzene rings is 2. The average Bonchev–Trinajstić information content (AvgIpc) is 2.95. The van der Waals surface area contributed by atoms with Crippen molar-refractivity contribution >= 4 is 59.3 Å². The number of hydrogen-bond acceptors (Lipinski definition) is 14. The van der Waals surface area contributed by atoms with Crippen molar-refractivity contribution < 1.29 is 105 Å². The Morgan fingerprint density at radius 2 is 0.577 bits per heavy atom. The minimum atomic E-state index is -4.89. The molecule has 0 aliphatic rings. The van der Waals surface area contributed by atoms with Crippen LogP contribution in [0.3, 0.4) is 0 Å². The molecule has 0 amide bonds. The Labute approximate surface area is 311 Å². The predicted octanol–water partition coefficient (Wildman–Crippen LogP) is -1.34. The number of hydrogen-bond donors (Lipinski definition) is 4. The standard InChI is InChI=1S/2C12H8N2.2Cu.2NO3.2H3O4P.4H2O/c2*1-3-9-5-6-10-4-2-8-14-12(10)11(9)13-7-1;;;2*2-1(3)4;2*1-5(2,3)4;;;;/h2*1-8H;;;;;2*(H3,1,2,3,4);4*1H2/q;;2*+2;2*-1;;;;;;/p-2. The number of aromatic nitrogens is 4. The van der Waals surface area contributed by atoms with Crippen LogP contribution < -0.4 is 9.79 Å². The zero-order chi connectivity index (χ0) is 34.9. The number of pyridine rings is 4. The minimum Gasteiger partial charge on any atom is -0.756 e. The van der Waals surface area contributed by atoms with Crippen LogP contribution in [0.5, 0.6) is 0 Å². The van der Waals surface area contributed by atoms with E-state index in [0.29, 0.717) is 0 Å². The van der Waals surface area contributed by atoms with Gasteiger partial charge in [0.1, 0.15) is 0 Å². The quantitative estimate of drug-likeness (QED) is 0.0451. The third-order valence-electron chi connectivity index (χ3n) is 4.69. The Kier molecular flexibility index (Phi) is 33.5. The maximum Gasteiger partial charge on any atom is 2.00 e. The molecule has 294 valence electrons. The van der Waals surface area contributed by atoms with Gasteiger partial charge in [-0.2, -0.15) is 0 Å². The summed E-state index contributed by atoms with van der Waals surface area (Å²) in [5.74, 6) is 0. The first kappa shape index (κ1) is 59.7. The Morgan fingerprint density at radius 3 is 0.712 bits per heavy atom. The molecule has 52 heavy (non-hydrogen) atoms. The van der Waals surface area contributed by atoms with Gasteiger partial charge in [-0.1, -0.05) is 48.5 Å². The number of rotatable bonds is 0. The first-order valence-corrected chi connectivity index (χ1v) is 14.8. The summed E-state index contributed by atoms with van der Waals surface area (Å²) in [5.41, 5.74) is 3.91. The van der Waals surface area contributed by atoms with Crippen molar-refractivity contribution in [3.63, 3.8) is 0 Å². The van der Waals surface area contributed by atoms with Crippen LogP contribution in [0.1, 0.15) is 0 Å². The first-order valence-electron chi connectivity index (χ1n) is 11.7. The van der Waals surface area contributed by atoms with Gasteiger partial charge in [-0.3, -0.25) is 29.1 Å². The molecule has 0 atom stereocenters. The summed E-state index contributed by atoms with van der Waals surface area (Å²) in [5, 5.41) is 34.1. The summed E-state index contributed by atoms with van der Waals surface area (Å²) in [7, 11) is -9.78. The molecule has 0 aliphatic carbocycles. The normalized spacial score (nSPS) is 9.04. The second-order valence-electron chi connectivity index (χ2n) is 7.86. The summed E-state index contributed by atoms with van der Waals surface area (Å²) >= 11 is 0. The van der Waals surface area contributed by atoms with Gasteiger partial charge in [-0.15, -0.1) is 0 Å². The van der Waals surface area contributed by atoms with Crippen molar-refractivity contribution in [2.45, 2.75) is 0 Å². The topological polar surface area (TPSA) is 471 Å². The van der Waals surface area contributed by atoms with Gasteiger partial charge in [0.05, 0.1) is 32.2 Å². The number of nitrogens with zero attached hydrogens (tertiary/aromatic N) is 6. The van der Waals surface area contributed by atoms with Gasteiger partial charge in [-0.25, -0.2) is 0 Å². The molecular formula is C24H28Cu2N6O18P2. The Balaban J connectivity index is -0.000000131. The van der Waals surface area contributed by atoms with E-state index in [1.165, 1.54) is 0 Å². The fourth-order valence-corrected chi connectivity index (χ4v) is 3.36. The van der Waals surface area contributed by atoms with Crippen LogP contribution in [-0.2, 0) is 43.3 Å². The van der Waals surface area contributed by atoms with Crippen LogP contribution in [0.2, 0.25) is 0 Å². The molecule has 28 heteroatoms. The van der Waals surface area contributed by atoms with E-state index >= 15 is 0 Å². The van der Waals surface area contributed by atoms with Crippen LogP contribution in [0.15, 0.2) is 97.6 Å². The molecule has 6 aromatic rings. The average molecular weight is 878 g/mol. The summed E-state index contributed by atoms with van der Waals surface area (Å²) < 4.78 is 17.5. The van der Waals surface area contributed by atoms with E-state index in [0.717, 1.165) is 43.6 Å². The minimum absolute atomic E-state index is 0. The molecule has 12 N–H and O–H groups in total. The van der Waals surface area contributed by atoms with Crippen LogP contribution in [0.4, 0.5) is 0 Å². The van der Waals surface area contributed by atoms with E-state index in [1.54, 1.807) is 24.8 Å². The van der Waals surface area contributed by atoms with Gasteiger partial charge >= 0.3 is 34.1 Å². The second-order valence-corrected chi connectivity index (χ2v) is 9.82. The van der Waals surface area contributed by atoms with Gasteiger partial charge in [0.2, 0.25) is 0 Å². The van der Waals surface area contributed by atoms with Gasteiger partial charge in [0.25, 0.3) is 15.6 Å². The van der Waals surface area contributed by atoms with E-state index in [2.05, 4.69) is 68.5 Å². The molecule has 0 aliphatic heterocycles. The van der Waals surface area contributed by atoms with Crippen molar-refractivity contribution in [2.75, 3.05) is 0 Å². The molecular weight excluding hydrogens is 849 g/mol. The fraction of sp³-hybridized carbons (Fsp3) is 0. The van der Waals surface area contributed by atoms with E-state index < -0.39 is 25.8 Å². The SMILES string of the molecule is O.O.O.O.O=P([O-])(O)O.O=P([O-])(O)O.O=[N+]([O-])[O-].O=[N+]([O-])[O-].[Cu+2].[Cu+2].c1cnc2c(c1)ccc1cccnc12.c1cnc2c(c1)ccc1cccnc12. The maximum atomic E-state index is 8.77. The van der Waals surface area contributed by atoms with Gasteiger partial charge in [0, 0.05) is 46.3 Å². The van der Waals surface area contributed by atoms with Crippen LogP contribution >= 0.6 is 15.6 Å². The largest absolute Gasteiger partial charge is 2.00 e. The first-order chi connectivity index (χ1) is 21.4. The molecule has 2 aromatic carbocycles. The molecule has 24 nitrogen and oxygen atoms in total. The fourth-order valence-electron chi connectivity index (χ4n) is 3.36. The molecule has 4 aromatic heterocycles. The summed E-state index contributed by atoms with van der Waals surface area (Å²) in [6.45, 7) is 0. The smallest absolute Gasteiger partial charge is 0.756 e. The van der Waals surface area contributed by atoms with Crippen LogP contribution in [-0.4, -0.2) is 71.6 Å². The Bertz CT molecular complexity index is 1730. The van der Waals surface area contributed by atoms with Crippen molar-refractivity contribution in [3.8, 4) is 0 Å². The second kappa shape index (κ2) is 29.2. The third-order valence-corrected chi connectivity index (χ3v) is 4.69. The van der Waals surface area contributed by atoms with Gasteiger partial charge in [0.15, 0.2) is 0 Å². The van der Waals surface area contributed by atoms with Crippen molar-refractivity contribution in [1.82, 2.24) is 19.9 Å². The molecule has 6 rings (SSSR count).